The molecule has 6 nitrogen and oxygen atoms in total. The van der Waals surface area contributed by atoms with Crippen molar-refractivity contribution in [1.82, 2.24) is 10.9 Å². The number of benzene rings is 2. The zero-order valence-corrected chi connectivity index (χ0v) is 14.0. The number of nitrogens with one attached hydrogen (secondary N) is 2. The minimum atomic E-state index is -1.01. The van der Waals surface area contributed by atoms with E-state index in [0.717, 1.165) is 0 Å². The van der Waals surface area contributed by atoms with Crippen LogP contribution in [0.2, 0.25) is 5.02 Å². The molecule has 0 spiro atoms. The zero-order chi connectivity index (χ0) is 18.2. The third-order valence-corrected chi connectivity index (χ3v) is 3.24. The van der Waals surface area contributed by atoms with Gasteiger partial charge in [-0.15, -0.1) is 0 Å². The summed E-state index contributed by atoms with van der Waals surface area (Å²) in [7, 11) is 0. The quantitative estimate of drug-likeness (QED) is 0.770. The molecule has 0 bridgehead atoms. The van der Waals surface area contributed by atoms with E-state index in [1.54, 1.807) is 30.3 Å². The minimum absolute atomic E-state index is 0.0548. The number of hydrazine groups is 1. The summed E-state index contributed by atoms with van der Waals surface area (Å²) in [4.78, 5) is 23.5. The van der Waals surface area contributed by atoms with E-state index in [4.69, 9.17) is 21.1 Å². The maximum Gasteiger partial charge on any atom is 0.279 e. The van der Waals surface area contributed by atoms with Crippen molar-refractivity contribution in [2.24, 2.45) is 0 Å². The number of carbonyl (C=O) groups excluding carboxylic acids is 2. The topological polar surface area (TPSA) is 76.7 Å². The summed E-state index contributed by atoms with van der Waals surface area (Å²) in [6, 6.07) is 12.3. The number of rotatable bonds is 6. The first kappa shape index (κ1) is 18.5. The van der Waals surface area contributed by atoms with E-state index in [0.29, 0.717) is 10.8 Å². The molecule has 2 rings (SSSR count). The van der Waals surface area contributed by atoms with Crippen molar-refractivity contribution in [2.75, 3.05) is 6.61 Å². The molecule has 2 amide bonds. The third kappa shape index (κ3) is 5.96. The predicted octanol–water partition coefficient (Wildman–Crippen LogP) is 2.47. The van der Waals surface area contributed by atoms with Gasteiger partial charge < -0.3 is 9.47 Å². The lowest BCUT2D eigenvalue weighted by Crippen LogP contribution is -2.48. The number of ether oxygens (including phenoxy) is 2. The van der Waals surface area contributed by atoms with Crippen LogP contribution >= 0.6 is 11.6 Å². The summed E-state index contributed by atoms with van der Waals surface area (Å²) in [5.41, 5.74) is 4.36. The molecule has 0 saturated carbocycles. The van der Waals surface area contributed by atoms with Crippen molar-refractivity contribution in [3.63, 3.8) is 0 Å². The Kier molecular flexibility index (Phi) is 6.59. The van der Waals surface area contributed by atoms with Crippen LogP contribution in [0.25, 0.3) is 0 Å². The van der Waals surface area contributed by atoms with E-state index in [1.807, 2.05) is 0 Å². The van der Waals surface area contributed by atoms with Crippen LogP contribution in [0.15, 0.2) is 48.5 Å². The predicted molar refractivity (Wildman–Crippen MR) is 89.7 cm³/mol. The van der Waals surface area contributed by atoms with Gasteiger partial charge in [-0.1, -0.05) is 29.8 Å². The Morgan fingerprint density at radius 1 is 1.16 bits per heavy atom. The summed E-state index contributed by atoms with van der Waals surface area (Å²) >= 11 is 5.80. The van der Waals surface area contributed by atoms with Crippen LogP contribution < -0.4 is 20.3 Å². The number of hydrogen-bond acceptors (Lipinski definition) is 4. The molecule has 132 valence electrons. The summed E-state index contributed by atoms with van der Waals surface area (Å²) in [5, 5.41) is 0.477. The van der Waals surface area contributed by atoms with Gasteiger partial charge in [0.05, 0.1) is 0 Å². The van der Waals surface area contributed by atoms with Gasteiger partial charge in [0.2, 0.25) is 0 Å². The van der Waals surface area contributed by atoms with Crippen LogP contribution in [0.3, 0.4) is 0 Å². The van der Waals surface area contributed by atoms with Crippen molar-refractivity contribution in [3.05, 3.63) is 59.4 Å². The average Bonchev–Trinajstić information content (AvgIpc) is 2.59. The highest BCUT2D eigenvalue weighted by Crippen LogP contribution is 2.17. The molecule has 1 atom stereocenters. The Morgan fingerprint density at radius 2 is 1.92 bits per heavy atom. The molecule has 25 heavy (non-hydrogen) atoms. The van der Waals surface area contributed by atoms with Crippen molar-refractivity contribution >= 4 is 23.4 Å². The van der Waals surface area contributed by atoms with Gasteiger partial charge in [0.1, 0.15) is 5.75 Å². The first-order valence-corrected chi connectivity index (χ1v) is 7.72. The van der Waals surface area contributed by atoms with Gasteiger partial charge in [0.25, 0.3) is 11.8 Å². The smallest absolute Gasteiger partial charge is 0.279 e. The highest BCUT2D eigenvalue weighted by Gasteiger charge is 2.17. The largest absolute Gasteiger partial charge is 0.484 e. The summed E-state index contributed by atoms with van der Waals surface area (Å²) in [6.07, 6.45) is -1.01. The lowest BCUT2D eigenvalue weighted by Gasteiger charge is -2.15. The molecule has 2 aromatic carbocycles. The zero-order valence-electron chi connectivity index (χ0n) is 13.3. The maximum absolute atomic E-state index is 13.5. The van der Waals surface area contributed by atoms with Crippen molar-refractivity contribution in [2.45, 2.75) is 13.0 Å². The van der Waals surface area contributed by atoms with E-state index in [1.165, 1.54) is 25.1 Å². The van der Waals surface area contributed by atoms with Gasteiger partial charge in [-0.3, -0.25) is 20.4 Å². The van der Waals surface area contributed by atoms with Gasteiger partial charge in [-0.05, 0) is 37.3 Å². The highest BCUT2D eigenvalue weighted by atomic mass is 35.5. The highest BCUT2D eigenvalue weighted by molar-refractivity contribution is 6.30. The van der Waals surface area contributed by atoms with Gasteiger partial charge in [0, 0.05) is 5.02 Å². The third-order valence-electron chi connectivity index (χ3n) is 3.00. The van der Waals surface area contributed by atoms with Crippen LogP contribution in [0.1, 0.15) is 6.92 Å². The fraction of sp³-hybridized carbons (Fsp3) is 0.176. The fourth-order valence-corrected chi connectivity index (χ4v) is 1.94. The van der Waals surface area contributed by atoms with Crippen LogP contribution in [0.5, 0.6) is 11.5 Å². The molecular formula is C17H16ClFN2O4. The monoisotopic (exact) mass is 366 g/mol. The molecule has 0 saturated heterocycles. The maximum atomic E-state index is 13.5. The summed E-state index contributed by atoms with van der Waals surface area (Å²) < 4.78 is 23.9. The van der Waals surface area contributed by atoms with Gasteiger partial charge in [0.15, 0.2) is 24.3 Å². The first-order valence-electron chi connectivity index (χ1n) is 7.34. The minimum Gasteiger partial charge on any atom is -0.484 e. The van der Waals surface area contributed by atoms with Crippen LogP contribution in [-0.2, 0) is 9.59 Å². The van der Waals surface area contributed by atoms with E-state index >= 15 is 0 Å². The molecule has 2 N–H and O–H groups in total. The molecule has 0 fully saturated rings. The molecule has 0 aromatic heterocycles. The normalized spacial score (nSPS) is 11.3. The lowest BCUT2D eigenvalue weighted by atomic mass is 10.3. The number of halogens is 2. The molecular weight excluding hydrogens is 351 g/mol. The Labute approximate surface area is 148 Å². The van der Waals surface area contributed by atoms with Crippen molar-refractivity contribution < 1.29 is 23.5 Å². The summed E-state index contributed by atoms with van der Waals surface area (Å²) in [5.74, 6) is -1.43. The van der Waals surface area contributed by atoms with Crippen LogP contribution in [0.4, 0.5) is 4.39 Å². The van der Waals surface area contributed by atoms with Crippen molar-refractivity contribution in [3.8, 4) is 11.5 Å². The Hall–Kier alpha value is -2.80. The molecule has 1 unspecified atom stereocenters. The van der Waals surface area contributed by atoms with E-state index in [2.05, 4.69) is 10.9 Å². The van der Waals surface area contributed by atoms with Crippen LogP contribution in [0, 0.1) is 5.82 Å². The van der Waals surface area contributed by atoms with E-state index in [-0.39, 0.29) is 12.4 Å². The SMILES string of the molecule is CC(Oc1ccccc1F)C(=O)NNC(=O)COc1cccc(Cl)c1. The van der Waals surface area contributed by atoms with E-state index in [9.17, 15) is 14.0 Å². The molecule has 2 aromatic rings. The molecule has 0 aliphatic heterocycles. The van der Waals surface area contributed by atoms with Gasteiger partial charge >= 0.3 is 0 Å². The summed E-state index contributed by atoms with van der Waals surface area (Å²) in [6.45, 7) is 1.11. The van der Waals surface area contributed by atoms with Gasteiger partial charge in [-0.25, -0.2) is 4.39 Å². The lowest BCUT2D eigenvalue weighted by molar-refractivity contribution is -0.133. The molecule has 8 heteroatoms. The Morgan fingerprint density at radius 3 is 2.64 bits per heavy atom. The number of para-hydroxylation sites is 1. The number of hydrogen-bond donors (Lipinski definition) is 2. The second kappa shape index (κ2) is 8.89. The van der Waals surface area contributed by atoms with Gasteiger partial charge in [-0.2, -0.15) is 0 Å². The number of amides is 2. The Balaban J connectivity index is 1.75. The molecule has 0 radical (unpaired) electrons. The second-order valence-electron chi connectivity index (χ2n) is 4.97. The molecule has 0 aliphatic carbocycles. The standard InChI is InChI=1S/C17H16ClFN2O4/c1-11(25-15-8-3-2-7-14(15)19)17(23)21-20-16(22)10-24-13-6-4-5-12(18)9-13/h2-9,11H,10H2,1H3,(H,20,22)(H,21,23). The van der Waals surface area contributed by atoms with Crippen LogP contribution in [-0.4, -0.2) is 24.5 Å². The van der Waals surface area contributed by atoms with Crippen molar-refractivity contribution in [1.29, 1.82) is 0 Å². The molecule has 0 heterocycles. The fourth-order valence-electron chi connectivity index (χ4n) is 1.76. The second-order valence-corrected chi connectivity index (χ2v) is 5.41. The average molecular weight is 367 g/mol. The van der Waals surface area contributed by atoms with E-state index < -0.39 is 23.7 Å². The first-order chi connectivity index (χ1) is 12.0. The number of carbonyl (C=O) groups is 2. The molecule has 0 aliphatic rings. The Bertz CT molecular complexity index is 757.